The number of benzene rings is 1. The maximum atomic E-state index is 10.8. The quantitative estimate of drug-likeness (QED) is 0.240. The van der Waals surface area contributed by atoms with Crippen LogP contribution in [-0.4, -0.2) is 79.5 Å². The largest absolute Gasteiger partial charge is 0.495 e. The summed E-state index contributed by atoms with van der Waals surface area (Å²) in [5.41, 5.74) is 4.34. The van der Waals surface area contributed by atoms with E-state index in [2.05, 4.69) is 53.9 Å². The summed E-state index contributed by atoms with van der Waals surface area (Å²) in [6, 6.07) is 8.18. The maximum absolute atomic E-state index is 10.8. The summed E-state index contributed by atoms with van der Waals surface area (Å²) >= 11 is 0. The summed E-state index contributed by atoms with van der Waals surface area (Å²) < 4.78 is 5.54. The smallest absolute Gasteiger partial charge is 0.144 e. The van der Waals surface area contributed by atoms with Crippen molar-refractivity contribution in [3.05, 3.63) is 35.9 Å². The molecule has 0 bridgehead atoms. The molecule has 0 amide bonds. The van der Waals surface area contributed by atoms with Gasteiger partial charge >= 0.3 is 0 Å². The molecule has 0 radical (unpaired) electrons. The molecule has 7 heteroatoms. The van der Waals surface area contributed by atoms with Crippen molar-refractivity contribution in [2.24, 2.45) is 39.7 Å². The SMILES string of the molecule is COc1ccccc1N1CCN(CC(O)CON=C(C)[C@H]2CC[C@H]3[C@@H]4CC=C5C[C@@H](O)CC[C@]5(C)[C@H]4CC[C@]23C)CC1. The lowest BCUT2D eigenvalue weighted by atomic mass is 9.47. The van der Waals surface area contributed by atoms with Gasteiger partial charge in [-0.2, -0.15) is 0 Å². The number of β-amino-alcohol motifs (C(OH)–C–C–N with tert-alkyl or cyclic N) is 1. The molecule has 1 aromatic rings. The van der Waals surface area contributed by atoms with E-state index in [0.717, 1.165) is 80.3 Å². The maximum Gasteiger partial charge on any atom is 0.144 e. The number of oxime groups is 1. The highest BCUT2D eigenvalue weighted by Gasteiger charge is 2.59. The van der Waals surface area contributed by atoms with Gasteiger partial charge in [0.25, 0.3) is 0 Å². The van der Waals surface area contributed by atoms with Gasteiger partial charge in [0, 0.05) is 38.6 Å². The van der Waals surface area contributed by atoms with Gasteiger partial charge in [0.05, 0.1) is 24.6 Å². The van der Waals surface area contributed by atoms with E-state index in [9.17, 15) is 10.2 Å². The van der Waals surface area contributed by atoms with Crippen LogP contribution in [0.1, 0.15) is 72.1 Å². The summed E-state index contributed by atoms with van der Waals surface area (Å²) in [6.07, 6.45) is 11.0. The first-order chi connectivity index (χ1) is 20.2. The predicted molar refractivity (Wildman–Crippen MR) is 168 cm³/mol. The number of ether oxygens (including phenoxy) is 1. The van der Waals surface area contributed by atoms with Crippen LogP contribution < -0.4 is 9.64 Å². The first kappa shape index (κ1) is 30.0. The normalized spacial score (nSPS) is 37.8. The van der Waals surface area contributed by atoms with E-state index in [-0.39, 0.29) is 23.5 Å². The number of rotatable bonds is 8. The van der Waals surface area contributed by atoms with Crippen molar-refractivity contribution in [1.29, 1.82) is 0 Å². The molecule has 4 fully saturated rings. The van der Waals surface area contributed by atoms with Gasteiger partial charge in [0.15, 0.2) is 0 Å². The molecule has 1 saturated heterocycles. The van der Waals surface area contributed by atoms with E-state index < -0.39 is 6.10 Å². The molecule has 6 rings (SSSR count). The summed E-state index contributed by atoms with van der Waals surface area (Å²) in [6.45, 7) is 11.6. The number of anilines is 1. The van der Waals surface area contributed by atoms with Gasteiger partial charge in [-0.3, -0.25) is 4.90 Å². The van der Waals surface area contributed by atoms with Crippen LogP contribution in [0.25, 0.3) is 0 Å². The Morgan fingerprint density at radius 3 is 2.62 bits per heavy atom. The molecule has 232 valence electrons. The Balaban J connectivity index is 0.998. The molecule has 7 nitrogen and oxygen atoms in total. The number of aliphatic hydroxyl groups excluding tert-OH is 2. The monoisotopic (exact) mass is 579 g/mol. The van der Waals surface area contributed by atoms with Crippen LogP contribution in [0.4, 0.5) is 5.69 Å². The third kappa shape index (κ3) is 5.50. The molecule has 1 aliphatic heterocycles. The lowest BCUT2D eigenvalue weighted by Gasteiger charge is -2.58. The third-order valence-corrected chi connectivity index (χ3v) is 12.3. The average molecular weight is 580 g/mol. The summed E-state index contributed by atoms with van der Waals surface area (Å²) in [7, 11) is 1.72. The van der Waals surface area contributed by atoms with Crippen molar-refractivity contribution in [1.82, 2.24) is 4.90 Å². The summed E-state index contributed by atoms with van der Waals surface area (Å²) in [5, 5.41) is 25.7. The molecular weight excluding hydrogens is 526 g/mol. The average Bonchev–Trinajstić information content (AvgIpc) is 3.35. The Morgan fingerprint density at radius 2 is 1.83 bits per heavy atom. The molecule has 8 atom stereocenters. The van der Waals surface area contributed by atoms with Crippen LogP contribution >= 0.6 is 0 Å². The van der Waals surface area contributed by atoms with Gasteiger partial charge in [-0.15, -0.1) is 0 Å². The van der Waals surface area contributed by atoms with Gasteiger partial charge in [-0.1, -0.05) is 42.8 Å². The molecule has 0 aromatic heterocycles. The molecule has 1 heterocycles. The molecule has 42 heavy (non-hydrogen) atoms. The second-order valence-electron chi connectivity index (χ2n) is 14.5. The van der Waals surface area contributed by atoms with E-state index in [4.69, 9.17) is 9.57 Å². The number of para-hydroxylation sites is 2. The second kappa shape index (κ2) is 12.1. The van der Waals surface area contributed by atoms with Crippen molar-refractivity contribution in [2.75, 3.05) is 51.3 Å². The highest BCUT2D eigenvalue weighted by atomic mass is 16.6. The molecule has 1 aromatic carbocycles. The molecule has 5 aliphatic rings. The minimum atomic E-state index is -0.556. The number of nitrogens with zero attached hydrogens (tertiary/aromatic N) is 3. The number of methoxy groups -OCH3 is 1. The number of allylic oxidation sites excluding steroid dienone is 1. The van der Waals surface area contributed by atoms with Crippen LogP contribution in [-0.2, 0) is 4.84 Å². The van der Waals surface area contributed by atoms with Gasteiger partial charge < -0.3 is 24.7 Å². The van der Waals surface area contributed by atoms with Crippen LogP contribution in [0.5, 0.6) is 5.75 Å². The molecule has 0 spiro atoms. The Labute approximate surface area is 252 Å². The van der Waals surface area contributed by atoms with Gasteiger partial charge in [0.2, 0.25) is 0 Å². The van der Waals surface area contributed by atoms with Gasteiger partial charge in [-0.05, 0) is 99.0 Å². The highest BCUT2D eigenvalue weighted by molar-refractivity contribution is 5.85. The van der Waals surface area contributed by atoms with E-state index in [0.29, 0.717) is 12.5 Å². The topological polar surface area (TPSA) is 77.8 Å². The van der Waals surface area contributed by atoms with Gasteiger partial charge in [-0.25, -0.2) is 0 Å². The predicted octanol–water partition coefficient (Wildman–Crippen LogP) is 5.51. The van der Waals surface area contributed by atoms with E-state index >= 15 is 0 Å². The Bertz CT molecular complexity index is 1160. The van der Waals surface area contributed by atoms with Crippen molar-refractivity contribution in [3.63, 3.8) is 0 Å². The zero-order valence-corrected chi connectivity index (χ0v) is 26.3. The number of hydrogen-bond donors (Lipinski definition) is 2. The molecule has 2 N–H and O–H groups in total. The lowest BCUT2D eigenvalue weighted by molar-refractivity contribution is -0.0429. The molecule has 4 aliphatic carbocycles. The first-order valence-electron chi connectivity index (χ1n) is 16.6. The first-order valence-corrected chi connectivity index (χ1v) is 16.6. The minimum absolute atomic E-state index is 0.141. The zero-order chi connectivity index (χ0) is 29.5. The number of fused-ring (bicyclic) bond motifs is 5. The van der Waals surface area contributed by atoms with E-state index in [1.807, 2.05) is 12.1 Å². The fourth-order valence-electron chi connectivity index (χ4n) is 10.0. The van der Waals surface area contributed by atoms with Crippen LogP contribution in [0.2, 0.25) is 0 Å². The van der Waals surface area contributed by atoms with Crippen LogP contribution in [0.15, 0.2) is 41.1 Å². The van der Waals surface area contributed by atoms with Crippen molar-refractivity contribution >= 4 is 11.4 Å². The standard InChI is InChI=1S/C35H53N3O4/c1-24(36-42-23-27(40)22-37-17-19-38(20-18-37)32-7-5-6-8-33(32)41-4)29-11-12-30-28-10-9-25-21-26(39)13-15-34(25,2)31(28)14-16-35(29,30)3/h5-9,26-31,39-40H,10-23H2,1-4H3/t26-,27?,28-,29+,30-,31-,34-,35+/m0/s1. The number of hydrogen-bond acceptors (Lipinski definition) is 7. The van der Waals surface area contributed by atoms with Crippen molar-refractivity contribution < 1.29 is 19.8 Å². The van der Waals surface area contributed by atoms with E-state index in [1.54, 1.807) is 12.7 Å². The fourth-order valence-corrected chi connectivity index (χ4v) is 10.0. The fraction of sp³-hybridized carbons (Fsp3) is 0.743. The van der Waals surface area contributed by atoms with E-state index in [1.165, 1.54) is 32.1 Å². The highest BCUT2D eigenvalue weighted by Crippen LogP contribution is 2.66. The van der Waals surface area contributed by atoms with Crippen molar-refractivity contribution in [2.45, 2.75) is 84.3 Å². The lowest BCUT2D eigenvalue weighted by Crippen LogP contribution is -2.50. The summed E-state index contributed by atoms with van der Waals surface area (Å²) in [4.78, 5) is 10.5. The van der Waals surface area contributed by atoms with Crippen molar-refractivity contribution in [3.8, 4) is 5.75 Å². The molecular formula is C35H53N3O4. The second-order valence-corrected chi connectivity index (χ2v) is 14.5. The zero-order valence-electron chi connectivity index (χ0n) is 26.3. The van der Waals surface area contributed by atoms with Crippen LogP contribution in [0, 0.1) is 34.5 Å². The Kier molecular flexibility index (Phi) is 8.65. The number of aliphatic hydroxyl groups is 2. The van der Waals surface area contributed by atoms with Gasteiger partial charge in [0.1, 0.15) is 18.5 Å². The Morgan fingerprint density at radius 1 is 1.05 bits per heavy atom. The summed E-state index contributed by atoms with van der Waals surface area (Å²) in [5.74, 6) is 3.59. The molecule has 3 saturated carbocycles. The third-order valence-electron chi connectivity index (χ3n) is 12.3. The molecule has 1 unspecified atom stereocenters. The van der Waals surface area contributed by atoms with Crippen LogP contribution in [0.3, 0.4) is 0 Å². The Hall–Kier alpha value is -2.09. The minimum Gasteiger partial charge on any atom is -0.495 e. The number of piperazine rings is 1.